The summed E-state index contributed by atoms with van der Waals surface area (Å²) in [5.41, 5.74) is 17.6. The SMILES string of the molecule is [2H]c1c([2H])c([2H])c(N(c2ccccc2)c2cccc3c2C2(c4ccccc4-c4cc(N(c5ccccc5)c5ccc6c(c5)C(C)(C)c5ccccc5-6)ccc42)c2ccccc2-3)c([2H])c1[2H]. The van der Waals surface area contributed by atoms with Crippen LogP contribution in [0.4, 0.5) is 34.1 Å². The third kappa shape index (κ3) is 4.76. The minimum atomic E-state index is -0.825. The number of hydrogen-bond donors (Lipinski definition) is 0. The van der Waals surface area contributed by atoms with E-state index in [0.29, 0.717) is 5.69 Å². The zero-order valence-corrected chi connectivity index (χ0v) is 33.3. The molecule has 2 nitrogen and oxygen atoms in total. The molecule has 60 heavy (non-hydrogen) atoms. The van der Waals surface area contributed by atoms with Crippen LogP contribution < -0.4 is 9.80 Å². The molecule has 0 heterocycles. The summed E-state index contributed by atoms with van der Waals surface area (Å²) in [5.74, 6) is 0. The molecule has 0 N–H and O–H groups in total. The maximum atomic E-state index is 9.31. The first-order valence-corrected chi connectivity index (χ1v) is 20.6. The third-order valence-corrected chi connectivity index (χ3v) is 13.1. The number of nitrogens with zero attached hydrogens (tertiary/aromatic N) is 2. The molecule has 0 amide bonds. The van der Waals surface area contributed by atoms with Gasteiger partial charge in [0.15, 0.2) is 0 Å². The van der Waals surface area contributed by atoms with Crippen molar-refractivity contribution in [2.24, 2.45) is 0 Å². The van der Waals surface area contributed by atoms with Gasteiger partial charge in [-0.25, -0.2) is 0 Å². The van der Waals surface area contributed by atoms with Gasteiger partial charge in [-0.1, -0.05) is 165 Å². The van der Waals surface area contributed by atoms with E-state index in [1.807, 2.05) is 47.4 Å². The molecule has 1 spiro atoms. The van der Waals surface area contributed by atoms with Crippen molar-refractivity contribution in [3.05, 3.63) is 252 Å². The minimum Gasteiger partial charge on any atom is -0.310 e. The summed E-state index contributed by atoms with van der Waals surface area (Å²) >= 11 is 0. The molecule has 3 aliphatic carbocycles. The summed E-state index contributed by atoms with van der Waals surface area (Å²) < 4.78 is 44.7. The Morgan fingerprint density at radius 3 is 1.53 bits per heavy atom. The van der Waals surface area contributed by atoms with E-state index in [4.69, 9.17) is 4.11 Å². The van der Waals surface area contributed by atoms with Crippen molar-refractivity contribution in [3.8, 4) is 33.4 Å². The molecule has 1 atom stereocenters. The average molecular weight is 772 g/mol. The fourth-order valence-corrected chi connectivity index (χ4v) is 10.7. The Labute approximate surface area is 359 Å². The topological polar surface area (TPSA) is 6.48 Å². The van der Waals surface area contributed by atoms with Gasteiger partial charge in [-0.3, -0.25) is 0 Å². The zero-order valence-electron chi connectivity index (χ0n) is 38.3. The molecule has 0 fully saturated rings. The van der Waals surface area contributed by atoms with E-state index in [9.17, 15) is 2.74 Å². The molecule has 0 aromatic heterocycles. The number of benzene rings is 9. The van der Waals surface area contributed by atoms with Gasteiger partial charge in [0.1, 0.15) is 0 Å². The number of hydrogen-bond acceptors (Lipinski definition) is 2. The van der Waals surface area contributed by atoms with Crippen LogP contribution in [-0.4, -0.2) is 0 Å². The first-order valence-electron chi connectivity index (χ1n) is 23.1. The second-order valence-electron chi connectivity index (χ2n) is 16.5. The van der Waals surface area contributed by atoms with Gasteiger partial charge < -0.3 is 9.80 Å². The lowest BCUT2D eigenvalue weighted by Crippen LogP contribution is -2.28. The van der Waals surface area contributed by atoms with Crippen LogP contribution in [0.1, 0.15) is 54.1 Å². The van der Waals surface area contributed by atoms with E-state index < -0.39 is 11.5 Å². The minimum absolute atomic E-state index is 0.0997. The second-order valence-corrected chi connectivity index (χ2v) is 16.5. The smallest absolute Gasteiger partial charge is 0.0746 e. The first kappa shape index (κ1) is 29.7. The molecular weight excluding hydrogens is 725 g/mol. The Morgan fingerprint density at radius 1 is 0.350 bits per heavy atom. The van der Waals surface area contributed by atoms with Crippen molar-refractivity contribution >= 4 is 34.1 Å². The summed E-state index contributed by atoms with van der Waals surface area (Å²) in [4.78, 5) is 4.25. The Hall–Kier alpha value is -7.42. The average Bonchev–Trinajstić information content (AvgIpc) is 3.90. The highest BCUT2D eigenvalue weighted by atomic mass is 15.2. The third-order valence-electron chi connectivity index (χ3n) is 13.1. The van der Waals surface area contributed by atoms with Gasteiger partial charge in [0.05, 0.1) is 18.0 Å². The molecule has 284 valence electrons. The Balaban J connectivity index is 1.12. The van der Waals surface area contributed by atoms with E-state index in [0.717, 1.165) is 67.3 Å². The van der Waals surface area contributed by atoms with Crippen molar-refractivity contribution in [3.63, 3.8) is 0 Å². The maximum absolute atomic E-state index is 9.31. The standard InChI is InChI=1S/C58H42N2/c1-57(2)50-29-15-12-25-44(50)47-35-33-43(38-54(47)57)59(39-19-6-3-7-20-39)42-34-36-53-49(37-42)46-27-14-17-31-52(46)58(53)51-30-16-13-26-45(51)48-28-18-32-55(56(48)58)60(40-21-8-4-9-22-40)41-23-10-5-11-24-41/h3-38H,1-2H3/i4D,8D,9D,21D,22D. The van der Waals surface area contributed by atoms with Crippen LogP contribution in [0, 0.1) is 0 Å². The van der Waals surface area contributed by atoms with Crippen LogP contribution in [0.5, 0.6) is 0 Å². The van der Waals surface area contributed by atoms with Gasteiger partial charge in [-0.2, -0.15) is 0 Å². The molecule has 0 saturated heterocycles. The predicted octanol–water partition coefficient (Wildman–Crippen LogP) is 15.3. The molecule has 0 bridgehead atoms. The maximum Gasteiger partial charge on any atom is 0.0746 e. The van der Waals surface area contributed by atoms with E-state index in [-0.39, 0.29) is 35.3 Å². The predicted molar refractivity (Wildman–Crippen MR) is 250 cm³/mol. The van der Waals surface area contributed by atoms with Crippen LogP contribution in [-0.2, 0) is 10.8 Å². The lowest BCUT2D eigenvalue weighted by molar-refractivity contribution is 0.660. The van der Waals surface area contributed by atoms with Gasteiger partial charge >= 0.3 is 0 Å². The lowest BCUT2D eigenvalue weighted by atomic mass is 9.70. The van der Waals surface area contributed by atoms with Gasteiger partial charge in [0, 0.05) is 39.4 Å². The summed E-state index contributed by atoms with van der Waals surface area (Å²) in [5, 5.41) is 0. The Kier molecular flexibility index (Phi) is 6.47. The monoisotopic (exact) mass is 771 g/mol. The van der Waals surface area contributed by atoms with Crippen molar-refractivity contribution < 1.29 is 6.85 Å². The zero-order chi connectivity index (χ0) is 44.4. The molecule has 9 aromatic carbocycles. The molecule has 0 radical (unpaired) electrons. The van der Waals surface area contributed by atoms with Gasteiger partial charge in [-0.15, -0.1) is 0 Å². The molecule has 0 saturated carbocycles. The summed E-state index contributed by atoms with van der Waals surface area (Å²) in [6, 6.07) is 64.6. The summed E-state index contributed by atoms with van der Waals surface area (Å²) in [6.45, 7) is 4.64. The van der Waals surface area contributed by atoms with Gasteiger partial charge in [0.2, 0.25) is 0 Å². The van der Waals surface area contributed by atoms with Crippen molar-refractivity contribution in [2.75, 3.05) is 9.80 Å². The van der Waals surface area contributed by atoms with Crippen molar-refractivity contribution in [1.29, 1.82) is 0 Å². The first-order chi connectivity index (χ1) is 31.6. The Bertz CT molecular complexity index is 3410. The summed E-state index contributed by atoms with van der Waals surface area (Å²) in [7, 11) is 0. The van der Waals surface area contributed by atoms with Crippen LogP contribution in [0.2, 0.25) is 0 Å². The molecule has 3 aliphatic rings. The lowest BCUT2D eigenvalue weighted by Gasteiger charge is -2.36. The van der Waals surface area contributed by atoms with Gasteiger partial charge in [-0.05, 0) is 128 Å². The summed E-state index contributed by atoms with van der Waals surface area (Å²) in [6.07, 6.45) is 0. The Morgan fingerprint density at radius 2 is 0.850 bits per heavy atom. The highest BCUT2D eigenvalue weighted by Gasteiger charge is 2.53. The van der Waals surface area contributed by atoms with Crippen LogP contribution in [0.3, 0.4) is 0 Å². The van der Waals surface area contributed by atoms with E-state index in [1.165, 1.54) is 22.3 Å². The van der Waals surface area contributed by atoms with Crippen LogP contribution in [0.15, 0.2) is 218 Å². The molecule has 12 rings (SSSR count). The van der Waals surface area contributed by atoms with Crippen LogP contribution in [0.25, 0.3) is 33.4 Å². The molecule has 9 aromatic rings. The molecule has 0 aliphatic heterocycles. The second kappa shape index (κ2) is 13.0. The van der Waals surface area contributed by atoms with Crippen molar-refractivity contribution in [2.45, 2.75) is 24.7 Å². The quantitative estimate of drug-likeness (QED) is 0.166. The number of anilines is 6. The number of fused-ring (bicyclic) bond motifs is 13. The van der Waals surface area contributed by atoms with Crippen LogP contribution >= 0.6 is 0 Å². The fourth-order valence-electron chi connectivity index (χ4n) is 10.7. The fraction of sp³-hybridized carbons (Fsp3) is 0.0690. The molecule has 1 unspecified atom stereocenters. The molecule has 2 heteroatoms. The van der Waals surface area contributed by atoms with Gasteiger partial charge in [0.25, 0.3) is 0 Å². The highest BCUT2D eigenvalue weighted by molar-refractivity contribution is 6.00. The van der Waals surface area contributed by atoms with E-state index in [2.05, 4.69) is 164 Å². The normalized spacial score (nSPS) is 16.9. The molecular formula is C58H42N2. The number of rotatable bonds is 6. The largest absolute Gasteiger partial charge is 0.310 e. The highest BCUT2D eigenvalue weighted by Crippen LogP contribution is 2.66. The number of para-hydroxylation sites is 3. The van der Waals surface area contributed by atoms with E-state index in [1.54, 1.807) is 0 Å². The van der Waals surface area contributed by atoms with E-state index >= 15 is 0 Å². The van der Waals surface area contributed by atoms with Crippen molar-refractivity contribution in [1.82, 2.24) is 0 Å².